The molecule has 4 aromatic carbocycles. The molecule has 216 valence electrons. The summed E-state index contributed by atoms with van der Waals surface area (Å²) in [5, 5.41) is 6.75. The number of aryl methyl sites for hydroxylation is 3. The Morgan fingerprint density at radius 1 is 0.810 bits per heavy atom. The van der Waals surface area contributed by atoms with Crippen LogP contribution in [0.5, 0.6) is 5.75 Å². The summed E-state index contributed by atoms with van der Waals surface area (Å²) >= 11 is 0. The van der Waals surface area contributed by atoms with Crippen molar-refractivity contribution in [1.29, 1.82) is 0 Å². The summed E-state index contributed by atoms with van der Waals surface area (Å²) in [7, 11) is -4.02. The predicted molar refractivity (Wildman–Crippen MR) is 164 cm³/mol. The van der Waals surface area contributed by atoms with Crippen molar-refractivity contribution in [3.05, 3.63) is 119 Å². The van der Waals surface area contributed by atoms with Crippen molar-refractivity contribution in [2.75, 3.05) is 22.8 Å². The average Bonchev–Trinajstić information content (AvgIpc) is 2.97. The molecule has 0 radical (unpaired) electrons. The third kappa shape index (κ3) is 8.28. The molecule has 0 aromatic heterocycles. The van der Waals surface area contributed by atoms with Gasteiger partial charge in [-0.15, -0.1) is 0 Å². The Balaban J connectivity index is 1.35. The van der Waals surface area contributed by atoms with Gasteiger partial charge >= 0.3 is 0 Å². The van der Waals surface area contributed by atoms with Crippen molar-refractivity contribution in [2.24, 2.45) is 5.10 Å². The molecule has 0 aliphatic rings. The number of nitrogens with one attached hydrogen (secondary N) is 2. The van der Waals surface area contributed by atoms with Crippen LogP contribution in [0.15, 0.2) is 107 Å². The first-order valence-electron chi connectivity index (χ1n) is 13.2. The van der Waals surface area contributed by atoms with Gasteiger partial charge in [-0.25, -0.2) is 13.8 Å². The van der Waals surface area contributed by atoms with Gasteiger partial charge in [0.05, 0.1) is 16.8 Å². The molecule has 0 aliphatic carbocycles. The molecule has 2 amide bonds. The van der Waals surface area contributed by atoms with Gasteiger partial charge in [-0.2, -0.15) is 5.10 Å². The molecule has 0 aliphatic heterocycles. The van der Waals surface area contributed by atoms with Crippen LogP contribution >= 0.6 is 0 Å². The Morgan fingerprint density at radius 3 is 2.10 bits per heavy atom. The van der Waals surface area contributed by atoms with Gasteiger partial charge in [0.25, 0.3) is 21.8 Å². The molecule has 4 rings (SSSR count). The van der Waals surface area contributed by atoms with Crippen LogP contribution in [-0.4, -0.2) is 39.6 Å². The Labute approximate surface area is 245 Å². The van der Waals surface area contributed by atoms with Gasteiger partial charge in [0.2, 0.25) is 0 Å². The second kappa shape index (κ2) is 13.6. The Kier molecular flexibility index (Phi) is 9.72. The minimum absolute atomic E-state index is 0.0841. The van der Waals surface area contributed by atoms with Crippen LogP contribution in [0.4, 0.5) is 11.4 Å². The van der Waals surface area contributed by atoms with Crippen molar-refractivity contribution in [2.45, 2.75) is 25.7 Å². The number of sulfonamides is 1. The molecule has 0 heterocycles. The number of hydrazone groups is 1. The zero-order valence-electron chi connectivity index (χ0n) is 23.6. The smallest absolute Gasteiger partial charge is 0.264 e. The maximum Gasteiger partial charge on any atom is 0.264 e. The van der Waals surface area contributed by atoms with E-state index in [-0.39, 0.29) is 17.4 Å². The molecule has 2 N–H and O–H groups in total. The van der Waals surface area contributed by atoms with Gasteiger partial charge in [0.1, 0.15) is 12.3 Å². The van der Waals surface area contributed by atoms with Crippen LogP contribution in [0.3, 0.4) is 0 Å². The lowest BCUT2D eigenvalue weighted by Crippen LogP contribution is -2.39. The highest BCUT2D eigenvalue weighted by Gasteiger charge is 2.27. The quantitative estimate of drug-likeness (QED) is 0.191. The lowest BCUT2D eigenvalue weighted by atomic mass is 10.2. The summed E-state index contributed by atoms with van der Waals surface area (Å²) in [6.07, 6.45) is 1.43. The van der Waals surface area contributed by atoms with E-state index in [4.69, 9.17) is 4.74 Å². The fourth-order valence-corrected chi connectivity index (χ4v) is 5.33. The molecule has 0 unspecified atom stereocenters. The minimum Gasteiger partial charge on any atom is -0.484 e. The van der Waals surface area contributed by atoms with Crippen LogP contribution in [0.25, 0.3) is 0 Å². The first-order chi connectivity index (χ1) is 20.1. The van der Waals surface area contributed by atoms with Gasteiger partial charge in [-0.1, -0.05) is 47.5 Å². The molecule has 0 fully saturated rings. The highest BCUT2D eigenvalue weighted by molar-refractivity contribution is 7.92. The number of ether oxygens (including phenoxy) is 1. The fraction of sp³-hybridized carbons (Fsp3) is 0.156. The van der Waals surface area contributed by atoms with E-state index >= 15 is 0 Å². The lowest BCUT2D eigenvalue weighted by molar-refractivity contribution is -0.119. The van der Waals surface area contributed by atoms with Crippen molar-refractivity contribution < 1.29 is 22.7 Å². The van der Waals surface area contributed by atoms with Crippen LogP contribution in [-0.2, 0) is 19.6 Å². The summed E-state index contributed by atoms with van der Waals surface area (Å²) in [5.41, 5.74) is 7.01. The predicted octanol–water partition coefficient (Wildman–Crippen LogP) is 4.97. The Morgan fingerprint density at radius 2 is 1.45 bits per heavy atom. The Hall–Kier alpha value is -4.96. The highest BCUT2D eigenvalue weighted by Crippen LogP contribution is 2.24. The van der Waals surface area contributed by atoms with E-state index in [1.54, 1.807) is 54.6 Å². The average molecular weight is 585 g/mol. The number of nitrogens with zero attached hydrogens (tertiary/aromatic N) is 2. The molecular weight excluding hydrogens is 552 g/mol. The molecule has 10 heteroatoms. The van der Waals surface area contributed by atoms with E-state index in [9.17, 15) is 18.0 Å². The number of amides is 2. The molecule has 0 spiro atoms. The van der Waals surface area contributed by atoms with Gasteiger partial charge in [-0.05, 0) is 92.6 Å². The molecular formula is C32H32N4O5S. The zero-order valence-corrected chi connectivity index (χ0v) is 24.4. The van der Waals surface area contributed by atoms with Crippen molar-refractivity contribution in [1.82, 2.24) is 5.43 Å². The molecule has 0 saturated carbocycles. The fourth-order valence-electron chi connectivity index (χ4n) is 3.91. The molecule has 0 bridgehead atoms. The van der Waals surface area contributed by atoms with E-state index in [1.165, 1.54) is 18.3 Å². The third-order valence-electron chi connectivity index (χ3n) is 6.17. The summed E-state index contributed by atoms with van der Waals surface area (Å²) in [6.45, 7) is 5.07. The van der Waals surface area contributed by atoms with Crippen LogP contribution in [0.2, 0.25) is 0 Å². The molecule has 4 aromatic rings. The third-order valence-corrected chi connectivity index (χ3v) is 7.96. The number of carbonyl (C=O) groups is 2. The maximum atomic E-state index is 13.5. The first-order valence-corrected chi connectivity index (χ1v) is 14.6. The monoisotopic (exact) mass is 584 g/mol. The summed E-state index contributed by atoms with van der Waals surface area (Å²) in [5.74, 6) is -0.398. The van der Waals surface area contributed by atoms with E-state index in [2.05, 4.69) is 15.8 Å². The van der Waals surface area contributed by atoms with Gasteiger partial charge in [0, 0.05) is 5.69 Å². The van der Waals surface area contributed by atoms with E-state index in [1.807, 2.05) is 51.1 Å². The van der Waals surface area contributed by atoms with Crippen molar-refractivity contribution >= 4 is 39.4 Å². The number of benzene rings is 4. The zero-order chi connectivity index (χ0) is 30.1. The SMILES string of the molecule is Cc1ccc(NC(=O)COc2ccc(/C=N\NC(=O)CN(c3cccc(C)c3)S(=O)(=O)c3ccc(C)cc3)cc2)cc1. The number of hydrogen-bond donors (Lipinski definition) is 2. The van der Waals surface area contributed by atoms with Gasteiger partial charge < -0.3 is 10.1 Å². The maximum absolute atomic E-state index is 13.5. The molecule has 9 nitrogen and oxygen atoms in total. The number of anilines is 2. The molecule has 0 saturated heterocycles. The van der Waals surface area contributed by atoms with E-state index in [0.717, 1.165) is 21.0 Å². The van der Waals surface area contributed by atoms with E-state index < -0.39 is 22.5 Å². The van der Waals surface area contributed by atoms with Gasteiger partial charge in [0.15, 0.2) is 6.61 Å². The van der Waals surface area contributed by atoms with Crippen LogP contribution in [0.1, 0.15) is 22.3 Å². The van der Waals surface area contributed by atoms with Gasteiger partial charge in [-0.3, -0.25) is 13.9 Å². The Bertz CT molecular complexity index is 1670. The molecule has 42 heavy (non-hydrogen) atoms. The topological polar surface area (TPSA) is 117 Å². The summed E-state index contributed by atoms with van der Waals surface area (Å²) in [6, 6.07) is 27.6. The second-order valence-corrected chi connectivity index (χ2v) is 11.6. The number of carbonyl (C=O) groups excluding carboxylic acids is 2. The number of hydrogen-bond acceptors (Lipinski definition) is 6. The number of rotatable bonds is 11. The van der Waals surface area contributed by atoms with Crippen LogP contribution < -0.4 is 19.8 Å². The standard InChI is InChI=1S/C32H32N4O5S/c1-23-7-13-27(14-8-23)34-32(38)22-41-29-15-11-26(12-16-29)20-33-35-31(37)21-36(28-6-4-5-25(3)19-28)42(39,40)30-17-9-24(2)10-18-30/h4-20H,21-22H2,1-3H3,(H,34,38)(H,35,37)/b33-20-. The van der Waals surface area contributed by atoms with Crippen molar-refractivity contribution in [3.8, 4) is 5.75 Å². The second-order valence-electron chi connectivity index (χ2n) is 9.73. The first kappa shape index (κ1) is 30.0. The normalized spacial score (nSPS) is 11.2. The lowest BCUT2D eigenvalue weighted by Gasteiger charge is -2.24. The summed E-state index contributed by atoms with van der Waals surface area (Å²) < 4.78 is 33.6. The van der Waals surface area contributed by atoms with Crippen LogP contribution in [0, 0.1) is 20.8 Å². The molecule has 0 atom stereocenters. The largest absolute Gasteiger partial charge is 0.484 e. The van der Waals surface area contributed by atoms with E-state index in [0.29, 0.717) is 22.7 Å². The highest BCUT2D eigenvalue weighted by atomic mass is 32.2. The van der Waals surface area contributed by atoms with Crippen molar-refractivity contribution in [3.63, 3.8) is 0 Å². The minimum atomic E-state index is -4.02. The summed E-state index contributed by atoms with van der Waals surface area (Å²) in [4.78, 5) is 25.0.